The van der Waals surface area contributed by atoms with E-state index in [-0.39, 0.29) is 24.6 Å². The zero-order valence-corrected chi connectivity index (χ0v) is 11.9. The minimum absolute atomic E-state index is 0.147. The van der Waals surface area contributed by atoms with Crippen LogP contribution in [0.2, 0.25) is 0 Å². The third kappa shape index (κ3) is 3.55. The lowest BCUT2D eigenvalue weighted by molar-refractivity contribution is 0.201. The first-order valence-electron chi connectivity index (χ1n) is 6.64. The quantitative estimate of drug-likeness (QED) is 0.723. The highest BCUT2D eigenvalue weighted by Crippen LogP contribution is 2.21. The van der Waals surface area contributed by atoms with Crippen molar-refractivity contribution in [2.45, 2.75) is 39.8 Å². The van der Waals surface area contributed by atoms with Gasteiger partial charge in [-0.1, -0.05) is 25.1 Å². The van der Waals surface area contributed by atoms with Gasteiger partial charge >= 0.3 is 0 Å². The Balaban J connectivity index is 2.86. The third-order valence-electron chi connectivity index (χ3n) is 3.86. The number of aryl methyl sites for hydroxylation is 1. The molecular formula is C15H26N2O. The summed E-state index contributed by atoms with van der Waals surface area (Å²) < 4.78 is 0. The van der Waals surface area contributed by atoms with E-state index < -0.39 is 0 Å². The number of hydrogen-bond donors (Lipinski definition) is 3. The number of hydrogen-bond acceptors (Lipinski definition) is 3. The van der Waals surface area contributed by atoms with Crippen molar-refractivity contribution in [3.05, 3.63) is 34.9 Å². The summed E-state index contributed by atoms with van der Waals surface area (Å²) in [6.45, 7) is 9.13. The molecule has 1 aromatic carbocycles. The molecule has 102 valence electrons. The molecule has 0 saturated heterocycles. The molecule has 0 saturated carbocycles. The Hall–Kier alpha value is -0.900. The van der Waals surface area contributed by atoms with Gasteiger partial charge in [-0.3, -0.25) is 0 Å². The van der Waals surface area contributed by atoms with Crippen LogP contribution in [0, 0.1) is 19.8 Å². The maximum Gasteiger partial charge on any atom is 0.0471 e. The van der Waals surface area contributed by atoms with Crippen molar-refractivity contribution in [1.82, 2.24) is 5.32 Å². The molecule has 0 heterocycles. The van der Waals surface area contributed by atoms with Crippen molar-refractivity contribution in [2.24, 2.45) is 11.7 Å². The molecule has 1 aromatic rings. The Labute approximate surface area is 110 Å². The fraction of sp³-hybridized carbons (Fsp3) is 0.600. The van der Waals surface area contributed by atoms with Crippen LogP contribution in [-0.4, -0.2) is 24.3 Å². The van der Waals surface area contributed by atoms with Gasteiger partial charge in [-0.05, 0) is 43.4 Å². The van der Waals surface area contributed by atoms with Crippen molar-refractivity contribution in [3.8, 4) is 0 Å². The van der Waals surface area contributed by atoms with Crippen LogP contribution in [0.1, 0.15) is 36.6 Å². The predicted octanol–water partition coefficient (Wildman–Crippen LogP) is 1.91. The van der Waals surface area contributed by atoms with Gasteiger partial charge in [-0.25, -0.2) is 0 Å². The zero-order chi connectivity index (χ0) is 13.7. The first kappa shape index (κ1) is 15.2. The van der Waals surface area contributed by atoms with Crippen LogP contribution in [0.5, 0.6) is 0 Å². The summed E-state index contributed by atoms with van der Waals surface area (Å²) >= 11 is 0. The van der Waals surface area contributed by atoms with Crippen molar-refractivity contribution >= 4 is 0 Å². The third-order valence-corrected chi connectivity index (χ3v) is 3.86. The zero-order valence-electron chi connectivity index (χ0n) is 11.9. The maximum atomic E-state index is 9.19. The summed E-state index contributed by atoms with van der Waals surface area (Å²) in [5.74, 6) is 0.226. The van der Waals surface area contributed by atoms with Crippen LogP contribution in [-0.2, 0) is 0 Å². The average molecular weight is 250 g/mol. The van der Waals surface area contributed by atoms with Crippen LogP contribution >= 0.6 is 0 Å². The van der Waals surface area contributed by atoms with Crippen molar-refractivity contribution < 1.29 is 5.11 Å². The van der Waals surface area contributed by atoms with Gasteiger partial charge in [0.05, 0.1) is 0 Å². The first-order chi connectivity index (χ1) is 8.51. The topological polar surface area (TPSA) is 58.3 Å². The fourth-order valence-electron chi connectivity index (χ4n) is 2.08. The number of rotatable bonds is 6. The fourth-order valence-corrected chi connectivity index (χ4v) is 2.08. The standard InChI is InChI=1S/C15H26N2O/c1-10-6-5-7-14(12(10)3)15(8-16)17-13(4)11(2)9-18/h5-7,11,13,15,17-18H,8-9,16H2,1-4H3. The molecule has 0 aliphatic heterocycles. The highest BCUT2D eigenvalue weighted by Gasteiger charge is 2.18. The molecule has 0 aliphatic rings. The van der Waals surface area contributed by atoms with Gasteiger partial charge in [0.1, 0.15) is 0 Å². The number of nitrogens with two attached hydrogens (primary N) is 1. The van der Waals surface area contributed by atoms with E-state index in [1.165, 1.54) is 16.7 Å². The Kier molecular flexibility index (Phi) is 5.79. The van der Waals surface area contributed by atoms with Crippen LogP contribution in [0.25, 0.3) is 0 Å². The molecule has 0 aliphatic carbocycles. The van der Waals surface area contributed by atoms with Gasteiger partial charge < -0.3 is 16.2 Å². The van der Waals surface area contributed by atoms with Gasteiger partial charge in [-0.15, -0.1) is 0 Å². The molecule has 0 aromatic heterocycles. The van der Waals surface area contributed by atoms with E-state index in [9.17, 15) is 5.11 Å². The van der Waals surface area contributed by atoms with E-state index in [1.807, 2.05) is 6.92 Å². The van der Waals surface area contributed by atoms with Gasteiger partial charge in [0.25, 0.3) is 0 Å². The summed E-state index contributed by atoms with van der Waals surface area (Å²) in [7, 11) is 0. The first-order valence-corrected chi connectivity index (χ1v) is 6.64. The van der Waals surface area contributed by atoms with Crippen LogP contribution in [0.15, 0.2) is 18.2 Å². The highest BCUT2D eigenvalue weighted by atomic mass is 16.3. The van der Waals surface area contributed by atoms with Crippen molar-refractivity contribution in [1.29, 1.82) is 0 Å². The summed E-state index contributed by atoms with van der Waals surface area (Å²) in [5.41, 5.74) is 9.73. The van der Waals surface area contributed by atoms with Crippen molar-refractivity contribution in [3.63, 3.8) is 0 Å². The molecular weight excluding hydrogens is 224 g/mol. The molecule has 4 N–H and O–H groups in total. The molecule has 1 rings (SSSR count). The number of aliphatic hydroxyl groups is 1. The number of benzene rings is 1. The Morgan fingerprint density at radius 2 is 1.94 bits per heavy atom. The van der Waals surface area contributed by atoms with Crippen LogP contribution in [0.4, 0.5) is 0 Å². The SMILES string of the molecule is Cc1cccc(C(CN)NC(C)C(C)CO)c1C. The Morgan fingerprint density at radius 1 is 1.28 bits per heavy atom. The molecule has 3 heteroatoms. The molecule has 18 heavy (non-hydrogen) atoms. The molecule has 0 amide bonds. The lowest BCUT2D eigenvalue weighted by Crippen LogP contribution is -2.40. The van der Waals surface area contributed by atoms with E-state index in [1.54, 1.807) is 0 Å². The van der Waals surface area contributed by atoms with E-state index in [4.69, 9.17) is 5.73 Å². The van der Waals surface area contributed by atoms with E-state index in [0.29, 0.717) is 6.54 Å². The van der Waals surface area contributed by atoms with E-state index >= 15 is 0 Å². The Bertz CT molecular complexity index is 379. The maximum absolute atomic E-state index is 9.19. The lowest BCUT2D eigenvalue weighted by atomic mass is 9.95. The van der Waals surface area contributed by atoms with Gasteiger partial charge in [0.2, 0.25) is 0 Å². The molecule has 3 nitrogen and oxygen atoms in total. The molecule has 0 bridgehead atoms. The molecule has 0 radical (unpaired) electrons. The summed E-state index contributed by atoms with van der Waals surface area (Å²) in [4.78, 5) is 0. The molecule has 3 atom stereocenters. The molecule has 3 unspecified atom stereocenters. The van der Waals surface area contributed by atoms with Gasteiger partial charge in [-0.2, -0.15) is 0 Å². The largest absolute Gasteiger partial charge is 0.396 e. The minimum Gasteiger partial charge on any atom is -0.396 e. The van der Waals surface area contributed by atoms with Crippen LogP contribution in [0.3, 0.4) is 0 Å². The average Bonchev–Trinajstić information content (AvgIpc) is 2.38. The number of aliphatic hydroxyl groups excluding tert-OH is 1. The van der Waals surface area contributed by atoms with Crippen LogP contribution < -0.4 is 11.1 Å². The second-order valence-corrected chi connectivity index (χ2v) is 5.19. The molecule has 0 fully saturated rings. The smallest absolute Gasteiger partial charge is 0.0471 e. The lowest BCUT2D eigenvalue weighted by Gasteiger charge is -2.27. The second-order valence-electron chi connectivity index (χ2n) is 5.19. The van der Waals surface area contributed by atoms with E-state index in [0.717, 1.165) is 0 Å². The summed E-state index contributed by atoms with van der Waals surface area (Å²) in [5, 5.41) is 12.7. The summed E-state index contributed by atoms with van der Waals surface area (Å²) in [6.07, 6.45) is 0. The monoisotopic (exact) mass is 250 g/mol. The molecule has 0 spiro atoms. The van der Waals surface area contributed by atoms with E-state index in [2.05, 4.69) is 44.3 Å². The second kappa shape index (κ2) is 6.88. The predicted molar refractivity (Wildman–Crippen MR) is 76.6 cm³/mol. The summed E-state index contributed by atoms with van der Waals surface area (Å²) in [6, 6.07) is 6.70. The van der Waals surface area contributed by atoms with Crippen molar-refractivity contribution in [2.75, 3.05) is 13.2 Å². The minimum atomic E-state index is 0.147. The Morgan fingerprint density at radius 3 is 2.50 bits per heavy atom. The van der Waals surface area contributed by atoms with Gasteiger partial charge in [0, 0.05) is 25.2 Å². The normalized spacial score (nSPS) is 16.3. The number of nitrogens with one attached hydrogen (secondary N) is 1. The highest BCUT2D eigenvalue weighted by molar-refractivity contribution is 5.35. The van der Waals surface area contributed by atoms with Gasteiger partial charge in [0.15, 0.2) is 0 Å².